The minimum Gasteiger partial charge on any atom is -0.508 e. The number of carboxylic acid groups (broad SMARTS) is 1. The van der Waals surface area contributed by atoms with E-state index in [2.05, 4.69) is 0 Å². The van der Waals surface area contributed by atoms with Crippen LogP contribution in [0.1, 0.15) is 19.4 Å². The van der Waals surface area contributed by atoms with Crippen molar-refractivity contribution in [2.75, 3.05) is 0 Å². The zero-order valence-corrected chi connectivity index (χ0v) is 10.3. The van der Waals surface area contributed by atoms with Crippen LogP contribution in [0.4, 0.5) is 0 Å². The second kappa shape index (κ2) is 5.18. The number of carbonyl (C=O) groups is 2. The Hall–Kier alpha value is -1.88. The van der Waals surface area contributed by atoms with Crippen molar-refractivity contribution in [3.05, 3.63) is 29.8 Å². The van der Waals surface area contributed by atoms with E-state index >= 15 is 0 Å². The Labute approximate surface area is 105 Å². The van der Waals surface area contributed by atoms with E-state index < -0.39 is 23.3 Å². The molecule has 1 aromatic rings. The largest absolute Gasteiger partial charge is 0.508 e. The second-order valence-electron chi connectivity index (χ2n) is 4.49. The van der Waals surface area contributed by atoms with Crippen LogP contribution in [0.5, 0.6) is 5.75 Å². The minimum atomic E-state index is -2.38. The molecule has 0 aliphatic rings. The Kier molecular flexibility index (Phi) is 4.08. The zero-order chi connectivity index (χ0) is 13.9. The molecule has 1 unspecified atom stereocenters. The molecule has 0 bridgehead atoms. The summed E-state index contributed by atoms with van der Waals surface area (Å²) in [4.78, 5) is 22.9. The molecule has 0 saturated carbocycles. The molecule has 1 aromatic carbocycles. The van der Waals surface area contributed by atoms with Crippen molar-refractivity contribution in [2.24, 2.45) is 5.92 Å². The molecule has 98 valence electrons. The maximum atomic E-state index is 11.9. The Morgan fingerprint density at radius 1 is 1.22 bits per heavy atom. The van der Waals surface area contributed by atoms with E-state index in [1.165, 1.54) is 38.1 Å². The van der Waals surface area contributed by atoms with Gasteiger partial charge in [-0.25, -0.2) is 4.79 Å². The van der Waals surface area contributed by atoms with E-state index in [0.717, 1.165) is 0 Å². The first-order valence-corrected chi connectivity index (χ1v) is 5.55. The summed E-state index contributed by atoms with van der Waals surface area (Å²) >= 11 is 0. The van der Waals surface area contributed by atoms with Gasteiger partial charge < -0.3 is 15.3 Å². The van der Waals surface area contributed by atoms with Gasteiger partial charge in [-0.15, -0.1) is 0 Å². The van der Waals surface area contributed by atoms with Crippen LogP contribution in [-0.4, -0.2) is 32.7 Å². The standard InChI is InChI=1S/C13H16O5/c1-8(2)13(18,12(16)17)11(15)7-9-3-5-10(14)6-4-9/h3-6,8,14,18H,7H2,1-2H3,(H,16,17). The molecule has 0 aliphatic carbocycles. The molecule has 5 nitrogen and oxygen atoms in total. The van der Waals surface area contributed by atoms with Crippen LogP contribution in [-0.2, 0) is 16.0 Å². The molecule has 0 fully saturated rings. The number of aliphatic hydroxyl groups is 1. The topological polar surface area (TPSA) is 94.8 Å². The fourth-order valence-electron chi connectivity index (χ4n) is 1.62. The van der Waals surface area contributed by atoms with Crippen molar-refractivity contribution >= 4 is 11.8 Å². The van der Waals surface area contributed by atoms with Gasteiger partial charge >= 0.3 is 5.97 Å². The molecule has 0 aromatic heterocycles. The fraction of sp³-hybridized carbons (Fsp3) is 0.385. The predicted molar refractivity (Wildman–Crippen MR) is 64.2 cm³/mol. The van der Waals surface area contributed by atoms with Crippen LogP contribution in [0.25, 0.3) is 0 Å². The average Bonchev–Trinajstić information content (AvgIpc) is 2.30. The van der Waals surface area contributed by atoms with Crippen LogP contribution >= 0.6 is 0 Å². The average molecular weight is 252 g/mol. The molecule has 0 heterocycles. The van der Waals surface area contributed by atoms with E-state index in [1.807, 2.05) is 0 Å². The SMILES string of the molecule is CC(C)C(O)(C(=O)O)C(=O)Cc1ccc(O)cc1. The number of benzene rings is 1. The molecule has 3 N–H and O–H groups in total. The van der Waals surface area contributed by atoms with Crippen LogP contribution in [0.3, 0.4) is 0 Å². The van der Waals surface area contributed by atoms with Crippen molar-refractivity contribution in [1.29, 1.82) is 0 Å². The quantitative estimate of drug-likeness (QED) is 0.679. The number of phenolic OH excluding ortho intramolecular Hbond substituents is 1. The summed E-state index contributed by atoms with van der Waals surface area (Å²) in [6.07, 6.45) is -0.193. The normalized spacial score (nSPS) is 14.2. The van der Waals surface area contributed by atoms with Crippen LogP contribution in [0.2, 0.25) is 0 Å². The minimum absolute atomic E-state index is 0.0588. The molecular weight excluding hydrogens is 236 g/mol. The number of aliphatic carboxylic acids is 1. The van der Waals surface area contributed by atoms with E-state index in [4.69, 9.17) is 10.2 Å². The summed E-state index contributed by atoms with van der Waals surface area (Å²) in [5, 5.41) is 28.0. The summed E-state index contributed by atoms with van der Waals surface area (Å²) in [6.45, 7) is 2.95. The third-order valence-corrected chi connectivity index (χ3v) is 2.89. The third-order valence-electron chi connectivity index (χ3n) is 2.89. The van der Waals surface area contributed by atoms with Crippen LogP contribution in [0.15, 0.2) is 24.3 Å². The first-order valence-electron chi connectivity index (χ1n) is 5.55. The lowest BCUT2D eigenvalue weighted by Crippen LogP contribution is -2.51. The first kappa shape index (κ1) is 14.2. The predicted octanol–water partition coefficient (Wildman–Crippen LogP) is 0.976. The number of carboxylic acids is 1. The van der Waals surface area contributed by atoms with E-state index in [1.54, 1.807) is 0 Å². The van der Waals surface area contributed by atoms with Gasteiger partial charge in [-0.1, -0.05) is 26.0 Å². The van der Waals surface area contributed by atoms with Gasteiger partial charge in [0, 0.05) is 12.3 Å². The van der Waals surface area contributed by atoms with Crippen LogP contribution < -0.4 is 0 Å². The summed E-state index contributed by atoms with van der Waals surface area (Å²) in [6, 6.07) is 5.82. The molecule has 0 saturated heterocycles. The Morgan fingerprint density at radius 2 is 1.72 bits per heavy atom. The molecule has 0 radical (unpaired) electrons. The Morgan fingerprint density at radius 3 is 2.11 bits per heavy atom. The fourth-order valence-corrected chi connectivity index (χ4v) is 1.62. The van der Waals surface area contributed by atoms with Gasteiger partial charge in [-0.3, -0.25) is 4.79 Å². The van der Waals surface area contributed by atoms with Gasteiger partial charge in [0.05, 0.1) is 0 Å². The molecule has 0 spiro atoms. The highest BCUT2D eigenvalue weighted by Crippen LogP contribution is 2.21. The van der Waals surface area contributed by atoms with E-state index in [-0.39, 0.29) is 12.2 Å². The van der Waals surface area contributed by atoms with Gasteiger partial charge in [0.15, 0.2) is 5.78 Å². The van der Waals surface area contributed by atoms with E-state index in [9.17, 15) is 14.7 Å². The van der Waals surface area contributed by atoms with Gasteiger partial charge in [0.1, 0.15) is 5.75 Å². The number of ketones is 1. The lowest BCUT2D eigenvalue weighted by atomic mass is 9.83. The molecule has 1 rings (SSSR count). The monoisotopic (exact) mass is 252 g/mol. The Balaban J connectivity index is 2.93. The maximum Gasteiger partial charge on any atom is 0.343 e. The van der Waals surface area contributed by atoms with Crippen molar-refractivity contribution in [3.63, 3.8) is 0 Å². The Bertz CT molecular complexity index is 449. The van der Waals surface area contributed by atoms with Crippen molar-refractivity contribution in [3.8, 4) is 5.75 Å². The number of hydrogen-bond acceptors (Lipinski definition) is 4. The van der Waals surface area contributed by atoms with Crippen LogP contribution in [0, 0.1) is 5.92 Å². The molecule has 5 heteroatoms. The summed E-state index contributed by atoms with van der Waals surface area (Å²) in [5.74, 6) is -2.97. The number of carbonyl (C=O) groups excluding carboxylic acids is 1. The molecule has 0 aliphatic heterocycles. The smallest absolute Gasteiger partial charge is 0.343 e. The molecular formula is C13H16O5. The van der Waals surface area contributed by atoms with Gasteiger partial charge in [0.2, 0.25) is 5.60 Å². The molecule has 18 heavy (non-hydrogen) atoms. The van der Waals surface area contributed by atoms with Crippen molar-refractivity contribution < 1.29 is 24.9 Å². The van der Waals surface area contributed by atoms with E-state index in [0.29, 0.717) is 5.56 Å². The summed E-state index contributed by atoms with van der Waals surface area (Å²) in [5.41, 5.74) is -1.84. The summed E-state index contributed by atoms with van der Waals surface area (Å²) < 4.78 is 0. The number of aromatic hydroxyl groups is 1. The molecule has 1 atom stereocenters. The van der Waals surface area contributed by atoms with Gasteiger partial charge in [-0.05, 0) is 17.7 Å². The highest BCUT2D eigenvalue weighted by Gasteiger charge is 2.46. The van der Waals surface area contributed by atoms with Crippen molar-refractivity contribution in [2.45, 2.75) is 25.9 Å². The number of phenols is 1. The lowest BCUT2D eigenvalue weighted by Gasteiger charge is -2.25. The highest BCUT2D eigenvalue weighted by atomic mass is 16.4. The first-order chi connectivity index (χ1) is 8.28. The second-order valence-corrected chi connectivity index (χ2v) is 4.49. The molecule has 0 amide bonds. The number of rotatable bonds is 5. The highest BCUT2D eigenvalue weighted by molar-refractivity contribution is 6.07. The van der Waals surface area contributed by atoms with Gasteiger partial charge in [-0.2, -0.15) is 0 Å². The third kappa shape index (κ3) is 2.68. The lowest BCUT2D eigenvalue weighted by molar-refractivity contribution is -0.169. The summed E-state index contributed by atoms with van der Waals surface area (Å²) in [7, 11) is 0. The van der Waals surface area contributed by atoms with Gasteiger partial charge in [0.25, 0.3) is 0 Å². The van der Waals surface area contributed by atoms with Crippen molar-refractivity contribution in [1.82, 2.24) is 0 Å². The zero-order valence-electron chi connectivity index (χ0n) is 10.3. The number of Topliss-reactive ketones (excluding diaryl/α,β-unsaturated/α-hetero) is 1. The maximum absolute atomic E-state index is 11.9. The number of hydrogen-bond donors (Lipinski definition) is 3.